The lowest BCUT2D eigenvalue weighted by molar-refractivity contribution is 0.805. The Morgan fingerprint density at radius 2 is 2.00 bits per heavy atom. The van der Waals surface area contributed by atoms with Crippen molar-refractivity contribution in [2.45, 2.75) is 44.2 Å². The predicted octanol–water partition coefficient (Wildman–Crippen LogP) is 2.40. The van der Waals surface area contributed by atoms with Crippen LogP contribution in [0.5, 0.6) is 0 Å². The van der Waals surface area contributed by atoms with E-state index in [0.29, 0.717) is 0 Å². The van der Waals surface area contributed by atoms with Gasteiger partial charge in [-0.25, -0.2) is 0 Å². The van der Waals surface area contributed by atoms with Gasteiger partial charge in [0.25, 0.3) is 0 Å². The van der Waals surface area contributed by atoms with Gasteiger partial charge in [0.15, 0.2) is 0 Å². The van der Waals surface area contributed by atoms with Gasteiger partial charge in [-0.2, -0.15) is 0 Å². The molecule has 0 aromatic rings. The molecule has 1 nitrogen and oxygen atoms in total. The molecule has 0 heterocycles. The van der Waals surface area contributed by atoms with E-state index in [2.05, 4.69) is 18.4 Å². The summed E-state index contributed by atoms with van der Waals surface area (Å²) in [5.74, 6) is 0. The van der Waals surface area contributed by atoms with Gasteiger partial charge in [-0.1, -0.05) is 38.7 Å². The van der Waals surface area contributed by atoms with Crippen LogP contribution in [0.25, 0.3) is 0 Å². The average molecular weight is 175 g/mol. The Hall–Kier alpha value is 0.177. The smallest absolute Gasteiger partial charge is 0.0656 e. The largest absolute Gasteiger partial charge is 0.322 e. The van der Waals surface area contributed by atoms with E-state index in [1.54, 1.807) is 0 Å². The van der Waals surface area contributed by atoms with Crippen LogP contribution in [0.1, 0.15) is 31.1 Å². The molecule has 0 radical (unpaired) electrons. The first-order valence-corrected chi connectivity index (χ1v) is 7.45. The van der Waals surface area contributed by atoms with Crippen LogP contribution in [-0.4, -0.2) is 21.3 Å². The lowest BCUT2D eigenvalue weighted by Gasteiger charge is -2.28. The molecule has 1 aliphatic carbocycles. The molecular formula is C9H21NSi. The summed E-state index contributed by atoms with van der Waals surface area (Å²) < 4.78 is 31.4. The molecule has 0 aromatic heterocycles. The summed E-state index contributed by atoms with van der Waals surface area (Å²) in [6, 6.07) is 0. The van der Waals surface area contributed by atoms with Gasteiger partial charge in [0.1, 0.15) is 0 Å². The van der Waals surface area contributed by atoms with Crippen LogP contribution in [-0.2, 0) is 0 Å². The Morgan fingerprint density at radius 3 is 2.45 bits per heavy atom. The van der Waals surface area contributed by atoms with Gasteiger partial charge < -0.3 is 5.32 Å². The monoisotopic (exact) mass is 175 g/mol. The summed E-state index contributed by atoms with van der Waals surface area (Å²) in [6.07, 6.45) is -1.60. The molecule has 0 spiro atoms. The molecule has 66 valence electrons. The first-order valence-electron chi connectivity index (χ1n) is 6.47. The zero-order valence-electron chi connectivity index (χ0n) is 11.6. The third-order valence-electron chi connectivity index (χ3n) is 2.28. The fourth-order valence-corrected chi connectivity index (χ4v) is 3.94. The molecule has 0 saturated heterocycles. The van der Waals surface area contributed by atoms with Crippen LogP contribution in [0.15, 0.2) is 0 Å². The van der Waals surface area contributed by atoms with E-state index in [9.17, 15) is 0 Å². The minimum absolute atomic E-state index is 0.0463. The Labute approximate surface area is 77.2 Å². The predicted molar refractivity (Wildman–Crippen MR) is 53.6 cm³/mol. The highest BCUT2D eigenvalue weighted by Crippen LogP contribution is 2.37. The van der Waals surface area contributed by atoms with Crippen molar-refractivity contribution in [2.24, 2.45) is 0 Å². The zero-order valence-corrected chi connectivity index (χ0v) is 8.59. The molecule has 11 heavy (non-hydrogen) atoms. The van der Waals surface area contributed by atoms with E-state index >= 15 is 0 Å². The molecule has 1 saturated carbocycles. The summed E-state index contributed by atoms with van der Waals surface area (Å²) in [6.45, 7) is 4.31. The normalized spacial score (nSPS) is 57.9. The van der Waals surface area contributed by atoms with Gasteiger partial charge in [-0.05, 0) is 18.8 Å². The quantitative estimate of drug-likeness (QED) is 0.650. The van der Waals surface area contributed by atoms with Crippen LogP contribution in [0.4, 0.5) is 0 Å². The summed E-state index contributed by atoms with van der Waals surface area (Å²) in [5, 5.41) is 3.13. The molecule has 1 N–H and O–H groups in total. The maximum Gasteiger partial charge on any atom is 0.0656 e. The Bertz CT molecular complexity index is 212. The molecule has 0 bridgehead atoms. The van der Waals surface area contributed by atoms with Gasteiger partial charge in [-0.3, -0.25) is 0 Å². The standard InChI is InChI=1S/C9H21NSi/c1-10-8-11(2,3)9-6-4-5-7-9/h9-10H,4-8H2,1-3H3/i4D,5D,6D,7D. The van der Waals surface area contributed by atoms with Crippen LogP contribution < -0.4 is 5.32 Å². The lowest BCUT2D eigenvalue weighted by atomic mass is 10.4. The van der Waals surface area contributed by atoms with E-state index in [4.69, 9.17) is 5.48 Å². The third-order valence-corrected chi connectivity index (χ3v) is 5.74. The van der Waals surface area contributed by atoms with Gasteiger partial charge in [0.05, 0.1) is 8.07 Å². The van der Waals surface area contributed by atoms with E-state index in [1.165, 1.54) is 0 Å². The van der Waals surface area contributed by atoms with Crippen molar-refractivity contribution in [3.05, 3.63) is 0 Å². The highest BCUT2D eigenvalue weighted by atomic mass is 28.3. The fraction of sp³-hybridized carbons (Fsp3) is 1.00. The van der Waals surface area contributed by atoms with Gasteiger partial charge in [0.2, 0.25) is 0 Å². The zero-order chi connectivity index (χ0) is 11.8. The molecule has 4 unspecified atom stereocenters. The van der Waals surface area contributed by atoms with Crippen LogP contribution in [0, 0.1) is 0 Å². The molecule has 1 rings (SSSR count). The highest BCUT2D eigenvalue weighted by Gasteiger charge is 2.32. The summed E-state index contributed by atoms with van der Waals surface area (Å²) in [7, 11) is 0.181. The summed E-state index contributed by atoms with van der Waals surface area (Å²) in [4.78, 5) is 0. The molecule has 0 aromatic carbocycles. The van der Waals surface area contributed by atoms with Crippen LogP contribution >= 0.6 is 0 Å². The number of rotatable bonds is 3. The molecule has 0 aliphatic heterocycles. The highest BCUT2D eigenvalue weighted by molar-refractivity contribution is 6.79. The molecule has 1 fully saturated rings. The van der Waals surface area contributed by atoms with E-state index < -0.39 is 33.7 Å². The third kappa shape index (κ3) is 2.31. The Kier molecular flexibility index (Phi) is 1.70. The van der Waals surface area contributed by atoms with Crippen molar-refractivity contribution in [2.75, 3.05) is 13.2 Å². The average Bonchev–Trinajstić information content (AvgIpc) is 2.31. The molecule has 2 heteroatoms. The maximum absolute atomic E-state index is 7.97. The first-order chi connectivity index (χ1) is 6.83. The molecule has 1 aliphatic rings. The van der Waals surface area contributed by atoms with E-state index in [-0.39, 0.29) is 5.54 Å². The van der Waals surface area contributed by atoms with Crippen molar-refractivity contribution >= 4 is 8.07 Å². The lowest BCUT2D eigenvalue weighted by Crippen LogP contribution is -2.42. The second-order valence-corrected chi connectivity index (χ2v) is 8.81. The van der Waals surface area contributed by atoms with Gasteiger partial charge >= 0.3 is 0 Å². The molecule has 0 amide bonds. The number of hydrogen-bond donors (Lipinski definition) is 1. The maximum atomic E-state index is 7.97. The van der Waals surface area contributed by atoms with Crippen LogP contribution in [0.2, 0.25) is 18.6 Å². The Balaban J connectivity index is 2.85. The van der Waals surface area contributed by atoms with E-state index in [0.717, 1.165) is 6.17 Å². The fourth-order valence-electron chi connectivity index (χ4n) is 1.53. The molecular weight excluding hydrogens is 150 g/mol. The van der Waals surface area contributed by atoms with Crippen molar-refractivity contribution in [3.63, 3.8) is 0 Å². The molecule has 4 atom stereocenters. The van der Waals surface area contributed by atoms with Crippen molar-refractivity contribution in [1.29, 1.82) is 0 Å². The topological polar surface area (TPSA) is 12.0 Å². The minimum Gasteiger partial charge on any atom is -0.322 e. The number of hydrogen-bond acceptors (Lipinski definition) is 1. The minimum atomic E-state index is -1.71. The van der Waals surface area contributed by atoms with Crippen molar-refractivity contribution < 1.29 is 5.48 Å². The number of nitrogens with one attached hydrogen (secondary N) is 1. The van der Waals surface area contributed by atoms with Crippen molar-refractivity contribution in [1.82, 2.24) is 5.32 Å². The second kappa shape index (κ2) is 3.72. The van der Waals surface area contributed by atoms with Crippen molar-refractivity contribution in [3.8, 4) is 0 Å². The second-order valence-electron chi connectivity index (χ2n) is 3.81. The van der Waals surface area contributed by atoms with E-state index in [1.807, 2.05) is 7.05 Å². The Morgan fingerprint density at radius 1 is 1.45 bits per heavy atom. The summed E-state index contributed by atoms with van der Waals surface area (Å²) >= 11 is 0. The SMILES string of the molecule is [2H]C1C([2H])C([2H])C([Si](C)(C)CNC)C1[2H]. The first kappa shape index (κ1) is 5.03. The summed E-state index contributed by atoms with van der Waals surface area (Å²) in [5.41, 5.74) is -0.0463. The van der Waals surface area contributed by atoms with Gasteiger partial charge in [0, 0.05) is 5.48 Å². The van der Waals surface area contributed by atoms with Gasteiger partial charge in [-0.15, -0.1) is 0 Å². The van der Waals surface area contributed by atoms with Crippen LogP contribution in [0.3, 0.4) is 0 Å².